The van der Waals surface area contributed by atoms with Crippen LogP contribution in [0.25, 0.3) is 0 Å². The fraction of sp³-hybridized carbons (Fsp3) is 0.571. The van der Waals surface area contributed by atoms with Crippen LogP contribution in [-0.2, 0) is 21.4 Å². The van der Waals surface area contributed by atoms with Crippen LogP contribution >= 0.6 is 0 Å². The maximum atomic E-state index is 13.8. The lowest BCUT2D eigenvalue weighted by Gasteiger charge is -2.60. The number of unbranched alkanes of at least 4 members (excludes halogenated alkanes) is 2. The number of carbonyl (C=O) groups excluding carboxylic acids is 1. The molecule has 40 heavy (non-hydrogen) atoms. The summed E-state index contributed by atoms with van der Waals surface area (Å²) < 4.78 is 6.49. The van der Waals surface area contributed by atoms with Gasteiger partial charge in [0.15, 0.2) is 0 Å². The van der Waals surface area contributed by atoms with Gasteiger partial charge in [-0.15, -0.1) is 6.58 Å². The molecular weight excluding hydrogens is 496 g/mol. The zero-order chi connectivity index (χ0) is 28.6. The number of hydrogen-bond acceptors (Lipinski definition) is 4. The molecule has 1 saturated heterocycles. The van der Waals surface area contributed by atoms with Crippen LogP contribution in [0, 0.1) is 5.92 Å². The van der Waals surface area contributed by atoms with Crippen molar-refractivity contribution < 1.29 is 14.6 Å². The Balaban J connectivity index is 1.52. The molecule has 2 fully saturated rings. The van der Waals surface area contributed by atoms with E-state index >= 15 is 0 Å². The summed E-state index contributed by atoms with van der Waals surface area (Å²) in [6.07, 6.45) is 10.4. The van der Waals surface area contributed by atoms with Crippen LogP contribution in [-0.4, -0.2) is 65.7 Å². The highest BCUT2D eigenvalue weighted by molar-refractivity contribution is 5.76. The molecule has 0 bridgehead atoms. The van der Waals surface area contributed by atoms with Crippen molar-refractivity contribution >= 4 is 5.91 Å². The maximum absolute atomic E-state index is 13.8. The van der Waals surface area contributed by atoms with Crippen molar-refractivity contribution in [3.05, 3.63) is 78.4 Å². The van der Waals surface area contributed by atoms with Gasteiger partial charge in [0.2, 0.25) is 5.91 Å². The van der Waals surface area contributed by atoms with Gasteiger partial charge in [0.1, 0.15) is 5.75 Å². The number of piperidine rings is 1. The highest BCUT2D eigenvalue weighted by atomic mass is 16.5. The highest BCUT2D eigenvalue weighted by Gasteiger charge is 2.59. The smallest absolute Gasteiger partial charge is 0.222 e. The molecule has 3 unspecified atom stereocenters. The molecule has 1 amide bonds. The molecule has 1 N–H and O–H groups in total. The molecule has 0 aromatic heterocycles. The third kappa shape index (κ3) is 6.80. The quantitative estimate of drug-likeness (QED) is 0.223. The summed E-state index contributed by atoms with van der Waals surface area (Å²) in [5, 5.41) is 10.5. The zero-order valence-corrected chi connectivity index (χ0v) is 25.0. The Morgan fingerprint density at radius 2 is 1.95 bits per heavy atom. The SMILES string of the molecule is C=CCN1CCC2(c3cccc(O)c3)CC(N(CC(C)C)C(=O)CCCCCc3ccccc3)CCC2(OC)C1. The number of likely N-dealkylation sites (tertiary alicyclic amines) is 1. The van der Waals surface area contributed by atoms with E-state index in [1.54, 1.807) is 6.07 Å². The summed E-state index contributed by atoms with van der Waals surface area (Å²) >= 11 is 0. The van der Waals surface area contributed by atoms with Crippen LogP contribution in [0.15, 0.2) is 67.3 Å². The van der Waals surface area contributed by atoms with Crippen molar-refractivity contribution in [1.82, 2.24) is 9.80 Å². The summed E-state index contributed by atoms with van der Waals surface area (Å²) in [5.74, 6) is 0.985. The Morgan fingerprint density at radius 3 is 2.65 bits per heavy atom. The summed E-state index contributed by atoms with van der Waals surface area (Å²) in [6.45, 7) is 11.8. The van der Waals surface area contributed by atoms with E-state index in [1.165, 1.54) is 5.56 Å². The summed E-state index contributed by atoms with van der Waals surface area (Å²) in [4.78, 5) is 18.4. The second-order valence-corrected chi connectivity index (χ2v) is 12.5. The number of aromatic hydroxyl groups is 1. The van der Waals surface area contributed by atoms with Crippen molar-refractivity contribution in [3.63, 3.8) is 0 Å². The average molecular weight is 547 g/mol. The summed E-state index contributed by atoms with van der Waals surface area (Å²) in [5.41, 5.74) is 1.86. The monoisotopic (exact) mass is 546 g/mol. The van der Waals surface area contributed by atoms with Crippen LogP contribution in [0.3, 0.4) is 0 Å². The lowest BCUT2D eigenvalue weighted by molar-refractivity contribution is -0.161. The standard InChI is InChI=1S/C35H50N2O3/c1-5-22-36-23-21-34(30-16-12-17-32(38)24-30)25-31(19-20-35(34,27-36)40-4)37(26-28(2)3)33(39)18-11-7-10-15-29-13-8-6-9-14-29/h5-6,8-9,12-14,16-17,24,28,31,38H,1,7,10-11,15,18-23,25-27H2,2-4H3. The van der Waals surface area contributed by atoms with E-state index in [9.17, 15) is 9.90 Å². The number of rotatable bonds is 13. The number of ether oxygens (including phenoxy) is 1. The van der Waals surface area contributed by atoms with E-state index in [1.807, 2.05) is 25.3 Å². The number of amides is 1. The Hall–Kier alpha value is -2.63. The number of methoxy groups -OCH3 is 1. The van der Waals surface area contributed by atoms with Gasteiger partial charge in [0.05, 0.1) is 5.60 Å². The fourth-order valence-electron chi connectivity index (χ4n) is 7.39. The molecule has 1 aliphatic heterocycles. The van der Waals surface area contributed by atoms with Crippen molar-refractivity contribution in [3.8, 4) is 5.75 Å². The second kappa shape index (κ2) is 13.8. The molecule has 0 spiro atoms. The minimum atomic E-state index is -0.372. The molecule has 218 valence electrons. The summed E-state index contributed by atoms with van der Waals surface area (Å²) in [7, 11) is 1.85. The number of phenolic OH excluding ortho intramolecular Hbond substituents is 1. The van der Waals surface area contributed by atoms with Crippen LogP contribution in [0.2, 0.25) is 0 Å². The molecule has 5 heteroatoms. The molecule has 5 nitrogen and oxygen atoms in total. The Kier molecular flexibility index (Phi) is 10.5. The first-order valence-electron chi connectivity index (χ1n) is 15.3. The minimum absolute atomic E-state index is 0.163. The average Bonchev–Trinajstić information content (AvgIpc) is 2.96. The van der Waals surface area contributed by atoms with Gasteiger partial charge < -0.3 is 14.7 Å². The molecule has 0 radical (unpaired) electrons. The van der Waals surface area contributed by atoms with Crippen molar-refractivity contribution in [1.29, 1.82) is 0 Å². The number of nitrogens with zero attached hydrogens (tertiary/aromatic N) is 2. The Bertz CT molecular complexity index is 1100. The number of benzene rings is 2. The fourth-order valence-corrected chi connectivity index (χ4v) is 7.39. The van der Waals surface area contributed by atoms with Gasteiger partial charge in [-0.25, -0.2) is 0 Å². The van der Waals surface area contributed by atoms with Crippen LogP contribution < -0.4 is 0 Å². The molecule has 2 aromatic carbocycles. The molecule has 4 rings (SSSR count). The van der Waals surface area contributed by atoms with Gasteiger partial charge in [0, 0.05) is 44.6 Å². The molecule has 1 aliphatic carbocycles. The van der Waals surface area contributed by atoms with Crippen molar-refractivity contribution in [2.24, 2.45) is 5.92 Å². The first-order valence-corrected chi connectivity index (χ1v) is 15.3. The number of aryl methyl sites for hydroxylation is 1. The lowest BCUT2D eigenvalue weighted by Crippen LogP contribution is -2.68. The van der Waals surface area contributed by atoms with Crippen molar-refractivity contribution in [2.45, 2.75) is 88.7 Å². The van der Waals surface area contributed by atoms with Crippen LogP contribution in [0.4, 0.5) is 0 Å². The Labute approximate surface area is 242 Å². The predicted octanol–water partition coefficient (Wildman–Crippen LogP) is 6.75. The highest BCUT2D eigenvalue weighted by Crippen LogP contribution is 2.54. The van der Waals surface area contributed by atoms with Gasteiger partial charge in [-0.05, 0) is 80.7 Å². The minimum Gasteiger partial charge on any atom is -0.508 e. The van der Waals surface area contributed by atoms with E-state index in [2.05, 4.69) is 66.6 Å². The second-order valence-electron chi connectivity index (χ2n) is 12.5. The summed E-state index contributed by atoms with van der Waals surface area (Å²) in [6, 6.07) is 18.6. The van der Waals surface area contributed by atoms with Crippen LogP contribution in [0.1, 0.15) is 76.3 Å². The van der Waals surface area contributed by atoms with Gasteiger partial charge in [0.25, 0.3) is 0 Å². The molecule has 2 aliphatic rings. The first kappa shape index (κ1) is 30.3. The predicted molar refractivity (Wildman–Crippen MR) is 164 cm³/mol. The van der Waals surface area contributed by atoms with Gasteiger partial charge in [-0.3, -0.25) is 9.69 Å². The third-order valence-corrected chi connectivity index (χ3v) is 9.37. The molecule has 1 saturated carbocycles. The van der Waals surface area contributed by atoms with E-state index in [0.717, 1.165) is 83.1 Å². The Morgan fingerprint density at radius 1 is 1.15 bits per heavy atom. The van der Waals surface area contributed by atoms with E-state index < -0.39 is 0 Å². The van der Waals surface area contributed by atoms with Gasteiger partial charge in [-0.2, -0.15) is 0 Å². The number of fused-ring (bicyclic) bond motifs is 1. The maximum Gasteiger partial charge on any atom is 0.222 e. The number of phenols is 1. The van der Waals surface area contributed by atoms with Gasteiger partial charge >= 0.3 is 0 Å². The molecular formula is C35H50N2O3. The van der Waals surface area contributed by atoms with Crippen molar-refractivity contribution in [2.75, 3.05) is 33.3 Å². The first-order chi connectivity index (χ1) is 19.3. The number of carbonyl (C=O) groups is 1. The van der Waals surface area contributed by atoms with E-state index in [-0.39, 0.29) is 22.8 Å². The number of hydrogen-bond donors (Lipinski definition) is 1. The third-order valence-electron chi connectivity index (χ3n) is 9.37. The zero-order valence-electron chi connectivity index (χ0n) is 25.0. The van der Waals surface area contributed by atoms with E-state index in [4.69, 9.17) is 4.74 Å². The topological polar surface area (TPSA) is 53.0 Å². The largest absolute Gasteiger partial charge is 0.508 e. The van der Waals surface area contributed by atoms with E-state index in [0.29, 0.717) is 18.2 Å². The molecule has 3 atom stereocenters. The lowest BCUT2D eigenvalue weighted by atomic mass is 9.55. The molecule has 1 heterocycles. The normalized spacial score (nSPS) is 24.9. The van der Waals surface area contributed by atoms with Gasteiger partial charge in [-0.1, -0.05) is 68.8 Å². The van der Waals surface area contributed by atoms with Crippen LogP contribution in [0.5, 0.6) is 5.75 Å². The molecule has 2 aromatic rings.